The van der Waals surface area contributed by atoms with Crippen molar-refractivity contribution in [3.05, 3.63) is 80.8 Å². The lowest BCUT2D eigenvalue weighted by Crippen LogP contribution is -2.38. The van der Waals surface area contributed by atoms with Gasteiger partial charge in [0.05, 0.1) is 36.5 Å². The van der Waals surface area contributed by atoms with Crippen LogP contribution in [0, 0.1) is 20.8 Å². The third-order valence-electron chi connectivity index (χ3n) is 6.28. The molecule has 0 radical (unpaired) electrons. The van der Waals surface area contributed by atoms with Crippen molar-refractivity contribution in [3.8, 4) is 0 Å². The predicted molar refractivity (Wildman–Crippen MR) is 127 cm³/mol. The summed E-state index contributed by atoms with van der Waals surface area (Å²) in [4.78, 5) is 30.5. The number of cyclic esters (lactones) is 1. The number of nitrogens with zero attached hydrogens (tertiary/aromatic N) is 1. The molecule has 2 aliphatic heterocycles. The Morgan fingerprint density at radius 1 is 1.21 bits per heavy atom. The number of rotatable bonds is 5. The fourth-order valence-corrected chi connectivity index (χ4v) is 5.08. The third kappa shape index (κ3) is 4.17. The molecule has 0 saturated carbocycles. The molecule has 2 aliphatic rings. The molecule has 8 nitrogen and oxygen atoms in total. The first-order valence-electron chi connectivity index (χ1n) is 11.1. The van der Waals surface area contributed by atoms with E-state index >= 15 is 0 Å². The van der Waals surface area contributed by atoms with Gasteiger partial charge in [-0.1, -0.05) is 17.7 Å². The maximum Gasteiger partial charge on any atom is 0.337 e. The average molecular weight is 464 g/mol. The fourth-order valence-electron chi connectivity index (χ4n) is 5.08. The average Bonchev–Trinajstić information content (AvgIpc) is 2.77. The number of pyridine rings is 1. The molecule has 8 heteroatoms. The lowest BCUT2D eigenvalue weighted by molar-refractivity contribution is -0.146. The van der Waals surface area contributed by atoms with Crippen molar-refractivity contribution in [2.45, 2.75) is 39.2 Å². The Morgan fingerprint density at radius 3 is 2.53 bits per heavy atom. The minimum atomic E-state index is -0.729. The van der Waals surface area contributed by atoms with Gasteiger partial charge >= 0.3 is 11.9 Å². The van der Waals surface area contributed by atoms with E-state index in [0.717, 1.165) is 22.3 Å². The number of hydrogen-bond donors (Lipinski definition) is 2. The van der Waals surface area contributed by atoms with Crippen LogP contribution < -0.4 is 11.1 Å². The molecule has 0 aliphatic carbocycles. The van der Waals surface area contributed by atoms with Gasteiger partial charge in [-0.2, -0.15) is 0 Å². The molecule has 1 aromatic heterocycles. The van der Waals surface area contributed by atoms with Crippen LogP contribution in [0.1, 0.15) is 46.3 Å². The number of dihydropyridines is 1. The molecule has 4 rings (SSSR count). The van der Waals surface area contributed by atoms with Gasteiger partial charge in [0.25, 0.3) is 0 Å². The van der Waals surface area contributed by atoms with Gasteiger partial charge in [-0.3, -0.25) is 0 Å². The van der Waals surface area contributed by atoms with E-state index in [2.05, 4.69) is 22.4 Å². The molecule has 0 amide bonds. The number of carbonyl (C=O) groups is 2. The summed E-state index contributed by atoms with van der Waals surface area (Å²) in [5, 5.41) is 3.30. The maximum absolute atomic E-state index is 13.5. The number of esters is 2. The van der Waals surface area contributed by atoms with E-state index in [9.17, 15) is 9.59 Å². The van der Waals surface area contributed by atoms with Crippen molar-refractivity contribution in [2.75, 3.05) is 26.6 Å². The van der Waals surface area contributed by atoms with Crippen LogP contribution in [0.3, 0.4) is 0 Å². The van der Waals surface area contributed by atoms with Crippen LogP contribution in [-0.4, -0.2) is 37.7 Å². The Kier molecular flexibility index (Phi) is 6.43. The number of anilines is 1. The first-order valence-corrected chi connectivity index (χ1v) is 11.1. The predicted octanol–water partition coefficient (Wildman–Crippen LogP) is 3.29. The number of methoxy groups -OCH3 is 2. The SMILES string of the molecule is COCC1=C(C(=O)OC)C(c2ccnc(N)c2)C2=C(CC(c3c(C)cc(C)cc3C)OC2=O)N1. The van der Waals surface area contributed by atoms with Gasteiger partial charge in [-0.25, -0.2) is 14.6 Å². The first-order chi connectivity index (χ1) is 16.2. The summed E-state index contributed by atoms with van der Waals surface area (Å²) in [5.74, 6) is -1.50. The Bertz CT molecular complexity index is 1210. The highest BCUT2D eigenvalue weighted by Crippen LogP contribution is 2.45. The van der Waals surface area contributed by atoms with Crippen LogP contribution in [0.5, 0.6) is 0 Å². The van der Waals surface area contributed by atoms with Gasteiger partial charge < -0.3 is 25.3 Å². The summed E-state index contributed by atoms with van der Waals surface area (Å²) in [6.07, 6.45) is 1.53. The molecule has 3 N–H and O–H groups in total. The number of nitrogens with two attached hydrogens (primary N) is 1. The molecule has 1 aromatic carbocycles. The van der Waals surface area contributed by atoms with Crippen molar-refractivity contribution < 1.29 is 23.8 Å². The minimum Gasteiger partial charge on any atom is -0.466 e. The van der Waals surface area contributed by atoms with Gasteiger partial charge in [-0.15, -0.1) is 0 Å². The van der Waals surface area contributed by atoms with Gasteiger partial charge in [0, 0.05) is 25.4 Å². The van der Waals surface area contributed by atoms with Crippen molar-refractivity contribution in [1.29, 1.82) is 0 Å². The Balaban J connectivity index is 1.87. The summed E-state index contributed by atoms with van der Waals surface area (Å²) >= 11 is 0. The number of ether oxygens (including phenoxy) is 3. The molecule has 178 valence electrons. The Labute approximate surface area is 198 Å². The van der Waals surface area contributed by atoms with Crippen molar-refractivity contribution in [3.63, 3.8) is 0 Å². The van der Waals surface area contributed by atoms with Crippen molar-refractivity contribution in [1.82, 2.24) is 10.3 Å². The zero-order chi connectivity index (χ0) is 24.6. The molecule has 34 heavy (non-hydrogen) atoms. The lowest BCUT2D eigenvalue weighted by atomic mass is 9.78. The molecule has 0 fully saturated rings. The quantitative estimate of drug-likeness (QED) is 0.650. The molecular formula is C26H29N3O5. The molecule has 2 atom stereocenters. The summed E-state index contributed by atoms with van der Waals surface area (Å²) < 4.78 is 16.5. The number of aromatic nitrogens is 1. The summed E-state index contributed by atoms with van der Waals surface area (Å²) in [6.45, 7) is 6.23. The van der Waals surface area contributed by atoms with Gasteiger partial charge in [-0.05, 0) is 55.2 Å². The van der Waals surface area contributed by atoms with E-state index in [1.54, 1.807) is 25.4 Å². The molecule has 2 unspecified atom stereocenters. The van der Waals surface area contributed by atoms with E-state index in [-0.39, 0.29) is 18.0 Å². The van der Waals surface area contributed by atoms with Crippen LogP contribution >= 0.6 is 0 Å². The number of benzene rings is 1. The number of nitrogens with one attached hydrogen (secondary N) is 1. The number of hydrogen-bond acceptors (Lipinski definition) is 8. The molecule has 2 aromatic rings. The highest BCUT2D eigenvalue weighted by molar-refractivity contribution is 6.00. The van der Waals surface area contributed by atoms with Crippen LogP contribution in [0.4, 0.5) is 5.82 Å². The molecule has 0 bridgehead atoms. The van der Waals surface area contributed by atoms with Crippen LogP contribution in [-0.2, 0) is 23.8 Å². The van der Waals surface area contributed by atoms with E-state index < -0.39 is 24.0 Å². The van der Waals surface area contributed by atoms with Crippen LogP contribution in [0.25, 0.3) is 0 Å². The normalized spacial score (nSPS) is 20.0. The second kappa shape index (κ2) is 9.30. The van der Waals surface area contributed by atoms with E-state index in [1.807, 2.05) is 20.8 Å². The standard InChI is InChI=1S/C26H29N3O5/c1-13-8-14(2)21(15(3)9-13)19-11-17-23(26(31)34-19)22(16-6-7-28-20(27)10-16)24(25(30)33-5)18(29-17)12-32-4/h6-10,19,22,29H,11-12H2,1-5H3,(H2,27,28). The van der Waals surface area contributed by atoms with Crippen molar-refractivity contribution in [2.24, 2.45) is 0 Å². The summed E-state index contributed by atoms with van der Waals surface area (Å²) in [7, 11) is 2.85. The summed E-state index contributed by atoms with van der Waals surface area (Å²) in [6, 6.07) is 7.56. The minimum absolute atomic E-state index is 0.139. The number of nitrogen functional groups attached to an aromatic ring is 1. The highest BCUT2D eigenvalue weighted by Gasteiger charge is 2.43. The van der Waals surface area contributed by atoms with E-state index in [1.165, 1.54) is 7.11 Å². The third-order valence-corrected chi connectivity index (χ3v) is 6.28. The van der Waals surface area contributed by atoms with Crippen LogP contribution in [0.2, 0.25) is 0 Å². The number of carbonyl (C=O) groups excluding carboxylic acids is 2. The molecule has 3 heterocycles. The van der Waals surface area contributed by atoms with Crippen LogP contribution in [0.15, 0.2) is 53.0 Å². The first kappa shape index (κ1) is 23.5. The van der Waals surface area contributed by atoms with Gasteiger partial charge in [0.1, 0.15) is 11.9 Å². The molecular weight excluding hydrogens is 434 g/mol. The second-order valence-electron chi connectivity index (χ2n) is 8.69. The zero-order valence-electron chi connectivity index (χ0n) is 20.0. The highest BCUT2D eigenvalue weighted by atomic mass is 16.5. The van der Waals surface area contributed by atoms with E-state index in [0.29, 0.717) is 29.0 Å². The monoisotopic (exact) mass is 463 g/mol. The van der Waals surface area contributed by atoms with E-state index in [4.69, 9.17) is 19.9 Å². The Morgan fingerprint density at radius 2 is 1.91 bits per heavy atom. The zero-order valence-corrected chi connectivity index (χ0v) is 20.0. The van der Waals surface area contributed by atoms with Gasteiger partial charge in [0.15, 0.2) is 0 Å². The lowest BCUT2D eigenvalue weighted by Gasteiger charge is -2.37. The molecule has 0 spiro atoms. The fraction of sp³-hybridized carbons (Fsp3) is 0.346. The second-order valence-corrected chi connectivity index (χ2v) is 8.69. The number of aryl methyl sites for hydroxylation is 3. The van der Waals surface area contributed by atoms with Gasteiger partial charge in [0.2, 0.25) is 0 Å². The molecule has 0 saturated heterocycles. The maximum atomic E-state index is 13.5. The topological polar surface area (TPSA) is 113 Å². The Hall–Kier alpha value is -3.65. The van der Waals surface area contributed by atoms with Crippen molar-refractivity contribution >= 4 is 17.8 Å². The smallest absolute Gasteiger partial charge is 0.337 e. The summed E-state index contributed by atoms with van der Waals surface area (Å²) in [5.41, 5.74) is 12.8. The largest absolute Gasteiger partial charge is 0.466 e.